The number of benzene rings is 2. The Balaban J connectivity index is 1.55. The molecule has 0 unspecified atom stereocenters. The number of likely N-dealkylation sites (tertiary alicyclic amines) is 1. The number of sulfonamides is 1. The first-order chi connectivity index (χ1) is 17.6. The van der Waals surface area contributed by atoms with Gasteiger partial charge in [-0.05, 0) is 62.4 Å². The second-order valence-corrected chi connectivity index (χ2v) is 12.0. The van der Waals surface area contributed by atoms with Gasteiger partial charge in [-0.1, -0.05) is 29.8 Å². The zero-order chi connectivity index (χ0) is 26.7. The summed E-state index contributed by atoms with van der Waals surface area (Å²) in [5.74, 6) is -0.648. The van der Waals surface area contributed by atoms with E-state index in [1.54, 1.807) is 60.3 Å². The molecule has 0 radical (unpaired) electrons. The zero-order valence-corrected chi connectivity index (χ0v) is 22.5. The molecule has 0 aromatic heterocycles. The van der Waals surface area contributed by atoms with Gasteiger partial charge in [0.15, 0.2) is 0 Å². The second kappa shape index (κ2) is 11.2. The molecule has 3 amide bonds. The van der Waals surface area contributed by atoms with Crippen LogP contribution in [-0.2, 0) is 21.4 Å². The summed E-state index contributed by atoms with van der Waals surface area (Å²) < 4.78 is 41.9. The van der Waals surface area contributed by atoms with Gasteiger partial charge in [-0.25, -0.2) is 17.6 Å². The SMILES string of the molecule is Cc1ccc(S(=O)(=O)N(CC(=O)N(Cc2ccc(F)cc2)C2CCN(C(=O)N(C)C)CC2)C2CC2)cc1. The van der Waals surface area contributed by atoms with Gasteiger partial charge in [-0.2, -0.15) is 4.31 Å². The number of rotatable bonds is 8. The van der Waals surface area contributed by atoms with Crippen molar-refractivity contribution in [2.45, 2.75) is 56.1 Å². The lowest BCUT2D eigenvalue weighted by Gasteiger charge is -2.40. The molecule has 37 heavy (non-hydrogen) atoms. The molecule has 2 fully saturated rings. The Labute approximate surface area is 218 Å². The lowest BCUT2D eigenvalue weighted by Crippen LogP contribution is -2.52. The van der Waals surface area contributed by atoms with E-state index in [9.17, 15) is 22.4 Å². The van der Waals surface area contributed by atoms with Crippen LogP contribution in [0.25, 0.3) is 0 Å². The van der Waals surface area contributed by atoms with Crippen LogP contribution in [-0.4, -0.2) is 85.2 Å². The number of amides is 3. The smallest absolute Gasteiger partial charge is 0.319 e. The molecule has 2 aromatic rings. The first-order valence-electron chi connectivity index (χ1n) is 12.6. The molecular formula is C27H35FN4O4S. The number of halogens is 1. The molecule has 200 valence electrons. The molecule has 4 rings (SSSR count). The lowest BCUT2D eigenvalue weighted by molar-refractivity contribution is -0.135. The van der Waals surface area contributed by atoms with Crippen molar-refractivity contribution in [3.8, 4) is 0 Å². The van der Waals surface area contributed by atoms with E-state index < -0.39 is 10.0 Å². The van der Waals surface area contributed by atoms with Crippen LogP contribution >= 0.6 is 0 Å². The van der Waals surface area contributed by atoms with Gasteiger partial charge in [0.1, 0.15) is 5.82 Å². The number of carbonyl (C=O) groups excluding carboxylic acids is 2. The van der Waals surface area contributed by atoms with Gasteiger partial charge in [-0.15, -0.1) is 0 Å². The van der Waals surface area contributed by atoms with Gasteiger partial charge in [0.2, 0.25) is 15.9 Å². The van der Waals surface area contributed by atoms with Crippen molar-refractivity contribution >= 4 is 22.0 Å². The van der Waals surface area contributed by atoms with Crippen molar-refractivity contribution in [3.05, 3.63) is 65.5 Å². The van der Waals surface area contributed by atoms with E-state index >= 15 is 0 Å². The summed E-state index contributed by atoms with van der Waals surface area (Å²) in [6, 6.07) is 12.2. The Bertz CT molecular complexity index is 1210. The predicted octanol–water partition coefficient (Wildman–Crippen LogP) is 3.46. The third-order valence-electron chi connectivity index (χ3n) is 7.02. The number of nitrogens with zero attached hydrogens (tertiary/aromatic N) is 4. The fraction of sp³-hybridized carbons (Fsp3) is 0.481. The third-order valence-corrected chi connectivity index (χ3v) is 8.93. The summed E-state index contributed by atoms with van der Waals surface area (Å²) in [7, 11) is -0.428. The minimum Gasteiger partial charge on any atom is -0.334 e. The highest BCUT2D eigenvalue weighted by Crippen LogP contribution is 2.32. The summed E-state index contributed by atoms with van der Waals surface area (Å²) in [4.78, 5) is 31.3. The van der Waals surface area contributed by atoms with Gasteiger partial charge in [0.05, 0.1) is 11.4 Å². The minimum atomic E-state index is -3.84. The third kappa shape index (κ3) is 6.48. The van der Waals surface area contributed by atoms with Crippen molar-refractivity contribution in [2.24, 2.45) is 0 Å². The molecule has 1 saturated heterocycles. The molecule has 1 saturated carbocycles. The van der Waals surface area contributed by atoms with Gasteiger partial charge in [0.25, 0.3) is 0 Å². The Kier molecular flexibility index (Phi) is 8.18. The molecule has 1 aliphatic carbocycles. The maximum atomic E-state index is 13.8. The first-order valence-corrected chi connectivity index (χ1v) is 14.1. The van der Waals surface area contributed by atoms with Crippen molar-refractivity contribution < 1.29 is 22.4 Å². The topological polar surface area (TPSA) is 81.2 Å². The van der Waals surface area contributed by atoms with Crippen LogP contribution in [0, 0.1) is 12.7 Å². The summed E-state index contributed by atoms with van der Waals surface area (Å²) in [5.41, 5.74) is 1.72. The van der Waals surface area contributed by atoms with Crippen molar-refractivity contribution in [1.29, 1.82) is 0 Å². The first kappa shape index (κ1) is 27.1. The van der Waals surface area contributed by atoms with E-state index in [2.05, 4.69) is 0 Å². The highest BCUT2D eigenvalue weighted by atomic mass is 32.2. The standard InChI is InChI=1S/C27H35FN4O4S/c1-20-4-12-25(13-5-20)37(35,36)32(24-10-11-24)19-26(33)31(18-21-6-8-22(28)9-7-21)23-14-16-30(17-15-23)27(34)29(2)3/h4-9,12-13,23-24H,10-11,14-19H2,1-3H3. The van der Waals surface area contributed by atoms with E-state index in [4.69, 9.17) is 0 Å². The average Bonchev–Trinajstić information content (AvgIpc) is 3.72. The van der Waals surface area contributed by atoms with Crippen molar-refractivity contribution in [2.75, 3.05) is 33.7 Å². The molecule has 0 N–H and O–H groups in total. The number of hydrogen-bond donors (Lipinski definition) is 0. The number of aryl methyl sites for hydroxylation is 1. The molecule has 0 atom stereocenters. The number of urea groups is 1. The summed E-state index contributed by atoms with van der Waals surface area (Å²) in [5, 5.41) is 0. The molecule has 8 nitrogen and oxygen atoms in total. The van der Waals surface area contributed by atoms with E-state index in [0.717, 1.165) is 24.0 Å². The van der Waals surface area contributed by atoms with Crippen LogP contribution in [0.3, 0.4) is 0 Å². The van der Waals surface area contributed by atoms with Gasteiger partial charge >= 0.3 is 6.03 Å². The summed E-state index contributed by atoms with van der Waals surface area (Å²) >= 11 is 0. The zero-order valence-electron chi connectivity index (χ0n) is 21.6. The Morgan fingerprint density at radius 3 is 2.05 bits per heavy atom. The Morgan fingerprint density at radius 1 is 0.919 bits per heavy atom. The van der Waals surface area contributed by atoms with E-state index in [1.165, 1.54) is 21.3 Å². The van der Waals surface area contributed by atoms with Crippen LogP contribution < -0.4 is 0 Å². The molecule has 10 heteroatoms. The predicted molar refractivity (Wildman–Crippen MR) is 139 cm³/mol. The van der Waals surface area contributed by atoms with E-state index in [1.807, 2.05) is 6.92 Å². The summed E-state index contributed by atoms with van der Waals surface area (Å²) in [6.45, 7) is 2.89. The Hall–Kier alpha value is -2.98. The molecule has 2 aliphatic rings. The number of hydrogen-bond acceptors (Lipinski definition) is 4. The highest BCUT2D eigenvalue weighted by molar-refractivity contribution is 7.89. The minimum absolute atomic E-state index is 0.0704. The molecule has 0 bridgehead atoms. The van der Waals surface area contributed by atoms with Gasteiger partial charge < -0.3 is 14.7 Å². The lowest BCUT2D eigenvalue weighted by atomic mass is 10.0. The van der Waals surface area contributed by atoms with Gasteiger partial charge in [-0.3, -0.25) is 4.79 Å². The average molecular weight is 531 g/mol. The Morgan fingerprint density at radius 2 is 1.51 bits per heavy atom. The largest absolute Gasteiger partial charge is 0.334 e. The molecule has 0 spiro atoms. The molecule has 1 heterocycles. The van der Waals surface area contributed by atoms with Crippen LogP contribution in [0.2, 0.25) is 0 Å². The van der Waals surface area contributed by atoms with Crippen molar-refractivity contribution in [1.82, 2.24) is 19.0 Å². The summed E-state index contributed by atoms with van der Waals surface area (Å²) in [6.07, 6.45) is 2.62. The van der Waals surface area contributed by atoms with Crippen LogP contribution in [0.1, 0.15) is 36.8 Å². The fourth-order valence-electron chi connectivity index (χ4n) is 4.70. The van der Waals surface area contributed by atoms with E-state index in [-0.39, 0.29) is 47.8 Å². The monoisotopic (exact) mass is 530 g/mol. The van der Waals surface area contributed by atoms with Crippen LogP contribution in [0.15, 0.2) is 53.4 Å². The normalized spacial score (nSPS) is 16.6. The highest BCUT2D eigenvalue weighted by Gasteiger charge is 2.41. The quantitative estimate of drug-likeness (QED) is 0.524. The molecule has 1 aliphatic heterocycles. The van der Waals surface area contributed by atoms with Crippen LogP contribution in [0.4, 0.5) is 9.18 Å². The maximum Gasteiger partial charge on any atom is 0.319 e. The van der Waals surface area contributed by atoms with Gasteiger partial charge in [0, 0.05) is 45.8 Å². The fourth-order valence-corrected chi connectivity index (χ4v) is 6.34. The number of piperidine rings is 1. The van der Waals surface area contributed by atoms with Crippen molar-refractivity contribution in [3.63, 3.8) is 0 Å². The number of carbonyl (C=O) groups is 2. The molecule has 2 aromatic carbocycles. The van der Waals surface area contributed by atoms with Crippen LogP contribution in [0.5, 0.6) is 0 Å². The molecular weight excluding hydrogens is 495 g/mol. The maximum absolute atomic E-state index is 13.8. The second-order valence-electron chi connectivity index (χ2n) is 10.1. The van der Waals surface area contributed by atoms with E-state index in [0.29, 0.717) is 25.9 Å².